The summed E-state index contributed by atoms with van der Waals surface area (Å²) in [7, 11) is 0. The Kier molecular flexibility index (Phi) is 3.96. The van der Waals surface area contributed by atoms with E-state index in [-0.39, 0.29) is 11.9 Å². The van der Waals surface area contributed by atoms with E-state index in [9.17, 15) is 9.90 Å². The van der Waals surface area contributed by atoms with Crippen molar-refractivity contribution in [3.8, 4) is 0 Å². The molecule has 3 rings (SSSR count). The number of hydrogen-bond acceptors (Lipinski definition) is 3. The van der Waals surface area contributed by atoms with Crippen LogP contribution in [0.3, 0.4) is 0 Å². The number of rotatable bonds is 4. The molecule has 1 aliphatic carbocycles. The van der Waals surface area contributed by atoms with Crippen LogP contribution in [0.5, 0.6) is 0 Å². The van der Waals surface area contributed by atoms with Gasteiger partial charge in [-0.25, -0.2) is 0 Å². The minimum Gasteiger partial charge on any atom is -0.392 e. The molecule has 1 aliphatic heterocycles. The van der Waals surface area contributed by atoms with Crippen LogP contribution in [0.2, 0.25) is 5.02 Å². The summed E-state index contributed by atoms with van der Waals surface area (Å²) in [4.78, 5) is 14.5. The van der Waals surface area contributed by atoms with Crippen LogP contribution in [0.25, 0.3) is 0 Å². The van der Waals surface area contributed by atoms with Crippen LogP contribution < -0.4 is 5.32 Å². The average Bonchev–Trinajstić information content (AvgIpc) is 3.19. The fourth-order valence-electron chi connectivity index (χ4n) is 2.67. The molecular formula is C15H19ClN2O2. The molecule has 2 fully saturated rings. The maximum absolute atomic E-state index is 12.6. The number of aliphatic hydroxyl groups excluding tert-OH is 1. The molecule has 0 spiro atoms. The molecule has 0 radical (unpaired) electrons. The molecule has 1 saturated heterocycles. The standard InChI is InChI=1S/C15H19ClN2O2/c16-11-3-1-10(2-4-11)9-18(12-5-6-12)15(20)14-7-13(19)8-17-14/h1-4,12-14,17,19H,5-9H2. The van der Waals surface area contributed by atoms with E-state index in [0.29, 0.717) is 30.6 Å². The molecule has 20 heavy (non-hydrogen) atoms. The maximum Gasteiger partial charge on any atom is 0.240 e. The molecule has 1 saturated carbocycles. The molecule has 5 heteroatoms. The molecule has 2 N–H and O–H groups in total. The van der Waals surface area contributed by atoms with E-state index in [1.165, 1.54) is 0 Å². The van der Waals surface area contributed by atoms with Gasteiger partial charge in [-0.3, -0.25) is 4.79 Å². The maximum atomic E-state index is 12.6. The Labute approximate surface area is 123 Å². The molecule has 2 atom stereocenters. The second-order valence-electron chi connectivity index (χ2n) is 5.67. The summed E-state index contributed by atoms with van der Waals surface area (Å²) in [6, 6.07) is 7.74. The van der Waals surface area contributed by atoms with Gasteiger partial charge in [0.15, 0.2) is 0 Å². The molecule has 1 aromatic rings. The first-order chi connectivity index (χ1) is 9.63. The minimum atomic E-state index is -0.402. The largest absolute Gasteiger partial charge is 0.392 e. The predicted molar refractivity (Wildman–Crippen MR) is 77.4 cm³/mol. The second-order valence-corrected chi connectivity index (χ2v) is 6.11. The smallest absolute Gasteiger partial charge is 0.240 e. The van der Waals surface area contributed by atoms with Crippen molar-refractivity contribution in [2.24, 2.45) is 0 Å². The molecule has 4 nitrogen and oxygen atoms in total. The van der Waals surface area contributed by atoms with Crippen LogP contribution in [0, 0.1) is 0 Å². The van der Waals surface area contributed by atoms with Crippen LogP contribution in [0.1, 0.15) is 24.8 Å². The zero-order valence-corrected chi connectivity index (χ0v) is 12.0. The second kappa shape index (κ2) is 5.72. The topological polar surface area (TPSA) is 52.6 Å². The number of nitrogens with zero attached hydrogens (tertiary/aromatic N) is 1. The van der Waals surface area contributed by atoms with Crippen molar-refractivity contribution in [1.29, 1.82) is 0 Å². The van der Waals surface area contributed by atoms with Crippen molar-refractivity contribution in [2.75, 3.05) is 6.54 Å². The van der Waals surface area contributed by atoms with Crippen molar-refractivity contribution < 1.29 is 9.90 Å². The van der Waals surface area contributed by atoms with Crippen LogP contribution in [-0.4, -0.2) is 40.6 Å². The van der Waals surface area contributed by atoms with Gasteiger partial charge in [0.1, 0.15) is 0 Å². The monoisotopic (exact) mass is 294 g/mol. The Morgan fingerprint density at radius 1 is 1.35 bits per heavy atom. The van der Waals surface area contributed by atoms with Gasteiger partial charge in [0, 0.05) is 24.2 Å². The summed E-state index contributed by atoms with van der Waals surface area (Å²) in [6.07, 6.45) is 2.27. The van der Waals surface area contributed by atoms with Gasteiger partial charge in [-0.1, -0.05) is 23.7 Å². The third kappa shape index (κ3) is 3.14. The first kappa shape index (κ1) is 13.9. The summed E-state index contributed by atoms with van der Waals surface area (Å²) in [5.41, 5.74) is 1.09. The Bertz CT molecular complexity index is 487. The zero-order valence-electron chi connectivity index (χ0n) is 11.3. The van der Waals surface area contributed by atoms with Gasteiger partial charge in [0.2, 0.25) is 5.91 Å². The molecular weight excluding hydrogens is 276 g/mol. The van der Waals surface area contributed by atoms with Crippen molar-refractivity contribution in [1.82, 2.24) is 10.2 Å². The van der Waals surface area contributed by atoms with Gasteiger partial charge in [0.25, 0.3) is 0 Å². The van der Waals surface area contributed by atoms with E-state index < -0.39 is 6.10 Å². The quantitative estimate of drug-likeness (QED) is 0.886. The third-order valence-electron chi connectivity index (χ3n) is 3.94. The highest BCUT2D eigenvalue weighted by molar-refractivity contribution is 6.30. The number of carbonyl (C=O) groups excluding carboxylic acids is 1. The predicted octanol–water partition coefficient (Wildman–Crippen LogP) is 1.55. The van der Waals surface area contributed by atoms with Crippen LogP contribution in [0.4, 0.5) is 0 Å². The Balaban J connectivity index is 1.69. The highest BCUT2D eigenvalue weighted by atomic mass is 35.5. The Morgan fingerprint density at radius 3 is 2.60 bits per heavy atom. The van der Waals surface area contributed by atoms with E-state index in [4.69, 9.17) is 11.6 Å². The fraction of sp³-hybridized carbons (Fsp3) is 0.533. The van der Waals surface area contributed by atoms with Gasteiger partial charge < -0.3 is 15.3 Å². The third-order valence-corrected chi connectivity index (χ3v) is 4.19. The molecule has 1 aromatic carbocycles. The summed E-state index contributed by atoms with van der Waals surface area (Å²) >= 11 is 5.89. The lowest BCUT2D eigenvalue weighted by molar-refractivity contribution is -0.134. The van der Waals surface area contributed by atoms with Gasteiger partial charge in [0.05, 0.1) is 12.1 Å². The first-order valence-corrected chi connectivity index (χ1v) is 7.47. The van der Waals surface area contributed by atoms with Crippen LogP contribution >= 0.6 is 11.6 Å². The van der Waals surface area contributed by atoms with Crippen molar-refractivity contribution >= 4 is 17.5 Å². The van der Waals surface area contributed by atoms with Crippen molar-refractivity contribution in [3.05, 3.63) is 34.9 Å². The van der Waals surface area contributed by atoms with E-state index in [1.807, 2.05) is 29.2 Å². The zero-order chi connectivity index (χ0) is 14.1. The number of halogens is 1. The molecule has 1 heterocycles. The van der Waals surface area contributed by atoms with E-state index in [0.717, 1.165) is 18.4 Å². The van der Waals surface area contributed by atoms with E-state index in [1.54, 1.807) is 0 Å². The lowest BCUT2D eigenvalue weighted by Gasteiger charge is -2.25. The lowest BCUT2D eigenvalue weighted by atomic mass is 10.1. The van der Waals surface area contributed by atoms with Crippen LogP contribution in [0.15, 0.2) is 24.3 Å². The van der Waals surface area contributed by atoms with E-state index in [2.05, 4.69) is 5.32 Å². The van der Waals surface area contributed by atoms with Crippen LogP contribution in [-0.2, 0) is 11.3 Å². The first-order valence-electron chi connectivity index (χ1n) is 7.10. The van der Waals surface area contributed by atoms with Gasteiger partial charge in [-0.15, -0.1) is 0 Å². The summed E-state index contributed by atoms with van der Waals surface area (Å²) in [5, 5.41) is 13.4. The molecule has 108 valence electrons. The average molecular weight is 295 g/mol. The summed E-state index contributed by atoms with van der Waals surface area (Å²) in [6.45, 7) is 1.13. The number of hydrogen-bond donors (Lipinski definition) is 2. The Morgan fingerprint density at radius 2 is 2.05 bits per heavy atom. The molecule has 2 aliphatic rings. The van der Waals surface area contributed by atoms with Gasteiger partial charge in [-0.05, 0) is 37.0 Å². The number of nitrogens with one attached hydrogen (secondary N) is 1. The van der Waals surface area contributed by atoms with Crippen molar-refractivity contribution in [2.45, 2.75) is 44.0 Å². The normalized spacial score (nSPS) is 25.7. The number of amides is 1. The Hall–Kier alpha value is -1.10. The minimum absolute atomic E-state index is 0.110. The number of β-amino-alcohol motifs (C(OH)–C–C–N with tert-alkyl or cyclic N) is 1. The number of carbonyl (C=O) groups is 1. The molecule has 0 bridgehead atoms. The van der Waals surface area contributed by atoms with E-state index >= 15 is 0 Å². The molecule has 1 amide bonds. The highest BCUT2D eigenvalue weighted by Gasteiger charge is 2.38. The SMILES string of the molecule is O=C(C1CC(O)CN1)N(Cc1ccc(Cl)cc1)C1CC1. The fourth-order valence-corrected chi connectivity index (χ4v) is 2.79. The molecule has 2 unspecified atom stereocenters. The van der Waals surface area contributed by atoms with Gasteiger partial charge >= 0.3 is 0 Å². The number of benzene rings is 1. The molecule has 0 aromatic heterocycles. The number of aliphatic hydroxyl groups is 1. The summed E-state index contributed by atoms with van der Waals surface area (Å²) in [5.74, 6) is 0.110. The summed E-state index contributed by atoms with van der Waals surface area (Å²) < 4.78 is 0. The van der Waals surface area contributed by atoms with Gasteiger partial charge in [-0.2, -0.15) is 0 Å². The lowest BCUT2D eigenvalue weighted by Crippen LogP contribution is -2.44. The highest BCUT2D eigenvalue weighted by Crippen LogP contribution is 2.30. The van der Waals surface area contributed by atoms with Crippen molar-refractivity contribution in [3.63, 3.8) is 0 Å².